The van der Waals surface area contributed by atoms with Gasteiger partial charge in [0.2, 0.25) is 41.4 Å². The molecule has 4 N–H and O–H groups in total. The molecule has 1 aromatic rings. The maximum Gasteiger partial charge on any atom is 0.315 e. The Kier molecular flexibility index (Phi) is 28.4. The maximum atomic E-state index is 14.6. The Labute approximate surface area is 458 Å². The summed E-state index contributed by atoms with van der Waals surface area (Å²) in [6, 6.07) is 4.83. The van der Waals surface area contributed by atoms with Gasteiger partial charge in [-0.05, 0) is 62.3 Å². The Balaban J connectivity index is 1.53. The normalized spacial score (nSPS) is 17.9. The van der Waals surface area contributed by atoms with Crippen LogP contribution < -0.4 is 21.3 Å². The number of thioether (sulfide) groups is 1. The van der Waals surface area contributed by atoms with Gasteiger partial charge in [0, 0.05) is 78.6 Å². The molecule has 9 amide bonds. The average Bonchev–Trinajstić information content (AvgIpc) is 3.94. The number of benzene rings is 1. The van der Waals surface area contributed by atoms with Crippen molar-refractivity contribution in [2.24, 2.45) is 17.8 Å². The quantitative estimate of drug-likeness (QED) is 0.0422. The molecule has 3 rings (SSSR count). The van der Waals surface area contributed by atoms with Crippen molar-refractivity contribution in [3.05, 3.63) is 48.6 Å². The summed E-state index contributed by atoms with van der Waals surface area (Å²) in [6.45, 7) is 18.0. The molecule has 2 aliphatic heterocycles. The maximum absolute atomic E-state index is 14.6. The lowest BCUT2D eigenvalue weighted by Crippen LogP contribution is -2.61. The number of allylic oxidation sites excluding steroid dienone is 1. The third-order valence-electron chi connectivity index (χ3n) is 14.5. The van der Waals surface area contributed by atoms with Gasteiger partial charge in [0.15, 0.2) is 0 Å². The Morgan fingerprint density at radius 3 is 1.76 bits per heavy atom. The van der Waals surface area contributed by atoms with Crippen LogP contribution in [0.2, 0.25) is 0 Å². The van der Waals surface area contributed by atoms with Crippen molar-refractivity contribution in [1.29, 1.82) is 0 Å². The Hall–Kier alpha value is -5.21. The number of urea groups is 1. The van der Waals surface area contributed by atoms with Gasteiger partial charge >= 0.3 is 6.03 Å². The van der Waals surface area contributed by atoms with E-state index in [0.29, 0.717) is 44.3 Å². The molecule has 2 heterocycles. The van der Waals surface area contributed by atoms with Gasteiger partial charge < -0.3 is 55.2 Å². The molecule has 428 valence electrons. The number of fused-ring (bicyclic) bond motifs is 1. The minimum absolute atomic E-state index is 0.0277. The van der Waals surface area contributed by atoms with Gasteiger partial charge in [-0.25, -0.2) is 4.79 Å². The number of amides is 9. The van der Waals surface area contributed by atoms with Gasteiger partial charge in [0.1, 0.15) is 30.2 Å². The van der Waals surface area contributed by atoms with E-state index in [4.69, 9.17) is 9.47 Å². The van der Waals surface area contributed by atoms with Gasteiger partial charge in [0.05, 0.1) is 38.5 Å². The summed E-state index contributed by atoms with van der Waals surface area (Å²) >= 11 is 1.87. The van der Waals surface area contributed by atoms with Crippen molar-refractivity contribution in [3.8, 4) is 0 Å². The van der Waals surface area contributed by atoms with Gasteiger partial charge in [-0.2, -0.15) is 11.8 Å². The standard InChI is InChI=1S/C56H93N9O10S/c1-14-15-16-17-21-28-46(67)63(11)48(37(2)3)54(71)65(13)50(39(6)7)55(72)64(12)49(38(4)5)53(70)61(9)40(8)52(69)62(10)43(35-41-24-19-18-20-25-41)51(68)58-30-32-75-34-33-74-31-29-57-45(66)27-23-22-26-44-47-42(36-76-44)59-56(73)60-47/h14,18-20,24-25,37-40,42-44,47-50H,1,15-17,21-23,26-36H2,2-13H3,(H,57,66)(H,58,68)(H2,59,60,73)/t40-,42-,43-,44-,47-,48-,49-,50-/m0/s1. The molecule has 0 unspecified atom stereocenters. The number of carbonyl (C=O) groups is 8. The number of rotatable bonds is 35. The third kappa shape index (κ3) is 19.7. The number of hydrogen-bond donors (Lipinski definition) is 4. The number of hydrogen-bond acceptors (Lipinski definition) is 11. The highest BCUT2D eigenvalue weighted by atomic mass is 32.2. The second-order valence-corrected chi connectivity index (χ2v) is 22.6. The van der Waals surface area contributed by atoms with E-state index in [-0.39, 0.29) is 73.9 Å². The predicted molar refractivity (Wildman–Crippen MR) is 298 cm³/mol. The minimum Gasteiger partial charge on any atom is -0.377 e. The molecule has 20 heteroatoms. The van der Waals surface area contributed by atoms with Crippen LogP contribution in [0.1, 0.15) is 112 Å². The number of nitrogens with one attached hydrogen (secondary N) is 4. The second kappa shape index (κ2) is 33.2. The number of likely N-dealkylation sites (N-methyl/N-ethyl adjacent to an activating group) is 5. The van der Waals surface area contributed by atoms with E-state index in [1.807, 2.05) is 89.7 Å². The van der Waals surface area contributed by atoms with E-state index in [1.54, 1.807) is 28.1 Å². The Bertz CT molecular complexity index is 2050. The van der Waals surface area contributed by atoms with Crippen molar-refractivity contribution in [2.75, 3.05) is 80.5 Å². The van der Waals surface area contributed by atoms with Crippen LogP contribution in [-0.2, 0) is 49.5 Å². The first kappa shape index (κ1) is 65.1. The first-order chi connectivity index (χ1) is 36.0. The molecule has 0 aromatic heterocycles. The zero-order valence-electron chi connectivity index (χ0n) is 47.8. The van der Waals surface area contributed by atoms with Crippen molar-refractivity contribution >= 4 is 59.1 Å². The van der Waals surface area contributed by atoms with Gasteiger partial charge in [-0.15, -0.1) is 6.58 Å². The van der Waals surface area contributed by atoms with E-state index in [1.165, 1.54) is 38.6 Å². The summed E-state index contributed by atoms with van der Waals surface area (Å²) in [7, 11) is 7.80. The lowest BCUT2D eigenvalue weighted by molar-refractivity contribution is -0.157. The lowest BCUT2D eigenvalue weighted by Gasteiger charge is -2.41. The van der Waals surface area contributed by atoms with Crippen molar-refractivity contribution in [2.45, 2.75) is 160 Å². The zero-order valence-corrected chi connectivity index (χ0v) is 48.6. The summed E-state index contributed by atoms with van der Waals surface area (Å²) in [4.78, 5) is 116. The highest BCUT2D eigenvalue weighted by Crippen LogP contribution is 2.33. The molecule has 0 aliphatic carbocycles. The highest BCUT2D eigenvalue weighted by molar-refractivity contribution is 8.00. The minimum atomic E-state index is -1.03. The van der Waals surface area contributed by atoms with Crippen LogP contribution in [0, 0.1) is 17.8 Å². The summed E-state index contributed by atoms with van der Waals surface area (Å²) in [5, 5.41) is 12.1. The van der Waals surface area contributed by atoms with E-state index >= 15 is 0 Å². The second-order valence-electron chi connectivity index (χ2n) is 21.4. The molecule has 8 atom stereocenters. The van der Waals surface area contributed by atoms with Crippen molar-refractivity contribution in [1.82, 2.24) is 45.8 Å². The SMILES string of the molecule is C=CCCCCCC(=O)N(C)[C@H](C(=O)N(C)[C@H](C(=O)N(C)[C@H](C(=O)N(C)[C@@H](C)C(=O)N(C)[C@@H](Cc1ccccc1)C(=O)NCCOCCOCCNC(=O)CCCC[C@@H]1SC[C@@H]2NC(=O)N[C@@H]21)C(C)C)C(C)C)C(C)C. The molecule has 0 radical (unpaired) electrons. The smallest absolute Gasteiger partial charge is 0.315 e. The fourth-order valence-corrected chi connectivity index (χ4v) is 11.6. The molecule has 2 saturated heterocycles. The van der Waals surface area contributed by atoms with E-state index < -0.39 is 59.8 Å². The fraction of sp³-hybridized carbons (Fsp3) is 0.714. The predicted octanol–water partition coefficient (Wildman–Crippen LogP) is 4.48. The van der Waals surface area contributed by atoms with Crippen molar-refractivity contribution < 1.29 is 47.8 Å². The lowest BCUT2D eigenvalue weighted by atomic mass is 9.94. The molecule has 2 aliphatic rings. The summed E-state index contributed by atoms with van der Waals surface area (Å²) < 4.78 is 11.3. The average molecular weight is 1080 g/mol. The third-order valence-corrected chi connectivity index (χ3v) is 16.0. The molecular weight excluding hydrogens is 991 g/mol. The monoisotopic (exact) mass is 1080 g/mol. The Morgan fingerprint density at radius 2 is 1.20 bits per heavy atom. The van der Waals surface area contributed by atoms with Crippen LogP contribution >= 0.6 is 11.8 Å². The molecule has 0 spiro atoms. The molecular formula is C56H93N9O10S. The Morgan fingerprint density at radius 1 is 0.658 bits per heavy atom. The number of ether oxygens (including phenoxy) is 2. The molecule has 76 heavy (non-hydrogen) atoms. The fourth-order valence-electron chi connectivity index (χ4n) is 10.0. The van der Waals surface area contributed by atoms with E-state index in [9.17, 15) is 38.4 Å². The van der Waals surface area contributed by atoms with Gasteiger partial charge in [-0.3, -0.25) is 33.6 Å². The number of carbonyl (C=O) groups excluding carboxylic acids is 8. The first-order valence-electron chi connectivity index (χ1n) is 27.4. The van der Waals surface area contributed by atoms with Crippen LogP contribution in [0.25, 0.3) is 0 Å². The van der Waals surface area contributed by atoms with Crippen LogP contribution in [0.3, 0.4) is 0 Å². The van der Waals surface area contributed by atoms with Crippen LogP contribution in [-0.4, -0.2) is 200 Å². The van der Waals surface area contributed by atoms with Crippen molar-refractivity contribution in [3.63, 3.8) is 0 Å². The summed E-state index contributed by atoms with van der Waals surface area (Å²) in [6.07, 6.45) is 8.83. The largest absolute Gasteiger partial charge is 0.377 e. The highest BCUT2D eigenvalue weighted by Gasteiger charge is 2.44. The van der Waals surface area contributed by atoms with E-state index in [0.717, 1.165) is 49.8 Å². The topological polar surface area (TPSA) is 219 Å². The molecule has 19 nitrogen and oxygen atoms in total. The number of nitrogens with zero attached hydrogens (tertiary/aromatic N) is 5. The molecule has 2 fully saturated rings. The summed E-state index contributed by atoms with van der Waals surface area (Å²) in [5.74, 6) is -2.44. The van der Waals surface area contributed by atoms with Crippen LogP contribution in [0.15, 0.2) is 43.0 Å². The van der Waals surface area contributed by atoms with E-state index in [2.05, 4.69) is 27.8 Å². The number of unbranched alkanes of at least 4 members (excludes halogenated alkanes) is 4. The first-order valence-corrected chi connectivity index (χ1v) is 28.5. The zero-order chi connectivity index (χ0) is 56.6. The summed E-state index contributed by atoms with van der Waals surface area (Å²) in [5.41, 5.74) is 0.829. The molecule has 0 saturated carbocycles. The van der Waals surface area contributed by atoms with Crippen LogP contribution in [0.4, 0.5) is 4.79 Å². The van der Waals surface area contributed by atoms with Crippen LogP contribution in [0.5, 0.6) is 0 Å². The van der Waals surface area contributed by atoms with Gasteiger partial charge in [-0.1, -0.05) is 90.8 Å². The van der Waals surface area contributed by atoms with Gasteiger partial charge in [0.25, 0.3) is 0 Å². The molecule has 1 aromatic carbocycles. The molecule has 0 bridgehead atoms.